The lowest BCUT2D eigenvalue weighted by atomic mass is 10.0. The van der Waals surface area contributed by atoms with Crippen LogP contribution in [0.2, 0.25) is 5.04 Å². The molecule has 1 atom stereocenters. The van der Waals surface area contributed by atoms with Crippen molar-refractivity contribution in [1.82, 2.24) is 0 Å². The van der Waals surface area contributed by atoms with Crippen LogP contribution in [0.25, 0.3) is 0 Å². The molecule has 0 aliphatic carbocycles. The molecule has 0 N–H and O–H groups in total. The summed E-state index contributed by atoms with van der Waals surface area (Å²) < 4.78 is 7.23. The van der Waals surface area contributed by atoms with E-state index in [9.17, 15) is 0 Å². The van der Waals surface area contributed by atoms with Crippen LogP contribution in [0.3, 0.4) is 0 Å². The number of rotatable bonds is 18. The highest BCUT2D eigenvalue weighted by molar-refractivity contribution is 6.99. The third-order valence-electron chi connectivity index (χ3n) is 7.74. The number of benzene rings is 2. The predicted octanol–water partition coefficient (Wildman–Crippen LogP) is 9.83. The first kappa shape index (κ1) is 32.4. The standard InChI is InChI=1S/C36H56OSi/c1-6-7-8-9-10-11-12-13-14-15-16-17-18-19-20-23-28-33(2)37-38(36(3,4)5,34-29-24-21-25-30-34)35-31-26-22-27-32-35/h21-22,24-27,29-33H,6-8,11-20,23,28H2,1-5H3. The third-order valence-corrected chi connectivity index (χ3v) is 12.9. The van der Waals surface area contributed by atoms with E-state index in [1.54, 1.807) is 0 Å². The van der Waals surface area contributed by atoms with Gasteiger partial charge in [0.1, 0.15) is 0 Å². The summed E-state index contributed by atoms with van der Waals surface area (Å²) in [6, 6.07) is 22.1. The summed E-state index contributed by atoms with van der Waals surface area (Å²) >= 11 is 0. The summed E-state index contributed by atoms with van der Waals surface area (Å²) in [4.78, 5) is 0. The molecule has 0 radical (unpaired) electrons. The zero-order valence-corrected chi connectivity index (χ0v) is 26.4. The van der Waals surface area contributed by atoms with Crippen molar-refractivity contribution in [2.24, 2.45) is 0 Å². The summed E-state index contributed by atoms with van der Waals surface area (Å²) in [6.07, 6.45) is 19.6. The van der Waals surface area contributed by atoms with E-state index in [0.717, 1.165) is 19.3 Å². The predicted molar refractivity (Wildman–Crippen MR) is 171 cm³/mol. The maximum absolute atomic E-state index is 7.23. The Hall–Kier alpha value is -1.82. The smallest absolute Gasteiger partial charge is 0.261 e. The second-order valence-corrected chi connectivity index (χ2v) is 16.4. The first-order valence-corrected chi connectivity index (χ1v) is 17.6. The minimum Gasteiger partial charge on any atom is -0.405 e. The lowest BCUT2D eigenvalue weighted by Gasteiger charge is -2.44. The second-order valence-electron chi connectivity index (χ2n) is 12.1. The molecule has 0 fully saturated rings. The Balaban J connectivity index is 1.70. The van der Waals surface area contributed by atoms with Crippen LogP contribution in [0.15, 0.2) is 60.7 Å². The molecule has 2 aromatic carbocycles. The van der Waals surface area contributed by atoms with Crippen molar-refractivity contribution in [2.75, 3.05) is 0 Å². The van der Waals surface area contributed by atoms with Gasteiger partial charge in [-0.05, 0) is 41.6 Å². The highest BCUT2D eigenvalue weighted by Crippen LogP contribution is 2.38. The Bertz CT molecular complexity index is 864. The molecule has 1 nitrogen and oxygen atoms in total. The monoisotopic (exact) mass is 532 g/mol. The van der Waals surface area contributed by atoms with E-state index in [-0.39, 0.29) is 11.1 Å². The minimum absolute atomic E-state index is 0.0476. The van der Waals surface area contributed by atoms with Crippen LogP contribution in [0, 0.1) is 11.8 Å². The number of hydrogen-bond acceptors (Lipinski definition) is 1. The largest absolute Gasteiger partial charge is 0.405 e. The Morgan fingerprint density at radius 3 is 1.50 bits per heavy atom. The average Bonchev–Trinajstić information content (AvgIpc) is 2.91. The Labute approximate surface area is 237 Å². The van der Waals surface area contributed by atoms with Crippen LogP contribution < -0.4 is 10.4 Å². The molecule has 0 spiro atoms. The van der Waals surface area contributed by atoms with Gasteiger partial charge >= 0.3 is 0 Å². The van der Waals surface area contributed by atoms with Crippen LogP contribution >= 0.6 is 0 Å². The van der Waals surface area contributed by atoms with Crippen LogP contribution in [0.4, 0.5) is 0 Å². The van der Waals surface area contributed by atoms with E-state index in [0.29, 0.717) is 0 Å². The van der Waals surface area contributed by atoms with Crippen LogP contribution in [-0.4, -0.2) is 14.4 Å². The van der Waals surface area contributed by atoms with E-state index in [1.165, 1.54) is 87.4 Å². The summed E-state index contributed by atoms with van der Waals surface area (Å²) in [6.45, 7) is 11.6. The van der Waals surface area contributed by atoms with Gasteiger partial charge in [-0.15, -0.1) is 11.8 Å². The quantitative estimate of drug-likeness (QED) is 0.105. The molecule has 2 heteroatoms. The van der Waals surface area contributed by atoms with Crippen LogP contribution in [0.5, 0.6) is 0 Å². The first-order valence-electron chi connectivity index (χ1n) is 15.7. The average molecular weight is 533 g/mol. The van der Waals surface area contributed by atoms with Crippen molar-refractivity contribution in [3.8, 4) is 11.8 Å². The van der Waals surface area contributed by atoms with Crippen molar-refractivity contribution in [2.45, 2.75) is 142 Å². The van der Waals surface area contributed by atoms with Crippen molar-refractivity contribution >= 4 is 18.7 Å². The molecular weight excluding hydrogens is 476 g/mol. The SMILES string of the molecule is CCCCC#CCCCCCCCCCCCCC(C)O[Si](c1ccccc1)(c1ccccc1)C(C)(C)C. The molecule has 0 amide bonds. The second kappa shape index (κ2) is 18.5. The van der Waals surface area contributed by atoms with Gasteiger partial charge in [-0.3, -0.25) is 0 Å². The lowest BCUT2D eigenvalue weighted by molar-refractivity contribution is 0.192. The minimum atomic E-state index is -2.43. The molecule has 1 unspecified atom stereocenters. The summed E-state index contributed by atoms with van der Waals surface area (Å²) in [5.74, 6) is 6.64. The Kier molecular flexibility index (Phi) is 15.7. The Morgan fingerprint density at radius 1 is 0.632 bits per heavy atom. The molecule has 0 heterocycles. The van der Waals surface area contributed by atoms with Crippen LogP contribution in [-0.2, 0) is 4.43 Å². The molecule has 2 aromatic rings. The summed E-state index contributed by atoms with van der Waals surface area (Å²) in [7, 11) is -2.43. The number of hydrogen-bond donors (Lipinski definition) is 0. The zero-order chi connectivity index (χ0) is 27.5. The molecule has 0 saturated heterocycles. The molecule has 0 bridgehead atoms. The molecular formula is C36H56OSi. The van der Waals surface area contributed by atoms with Crippen LogP contribution in [0.1, 0.15) is 131 Å². The fourth-order valence-corrected chi connectivity index (χ4v) is 10.3. The van der Waals surface area contributed by atoms with E-state index in [2.05, 4.69) is 107 Å². The van der Waals surface area contributed by atoms with Gasteiger partial charge in [-0.25, -0.2) is 0 Å². The highest BCUT2D eigenvalue weighted by Gasteiger charge is 2.50. The van der Waals surface area contributed by atoms with E-state index in [1.807, 2.05) is 0 Å². The lowest BCUT2D eigenvalue weighted by Crippen LogP contribution is -2.67. The van der Waals surface area contributed by atoms with Gasteiger partial charge in [0.25, 0.3) is 8.32 Å². The fourth-order valence-electron chi connectivity index (χ4n) is 5.55. The van der Waals surface area contributed by atoms with Gasteiger partial charge in [-0.2, -0.15) is 0 Å². The molecule has 0 aliphatic heterocycles. The summed E-state index contributed by atoms with van der Waals surface area (Å²) in [5, 5.41) is 2.81. The van der Waals surface area contributed by atoms with Crippen molar-refractivity contribution in [3.05, 3.63) is 60.7 Å². The molecule has 0 aliphatic rings. The number of unbranched alkanes of at least 4 members (excludes halogenated alkanes) is 12. The zero-order valence-electron chi connectivity index (χ0n) is 25.4. The van der Waals surface area contributed by atoms with Gasteiger partial charge in [0.15, 0.2) is 0 Å². The first-order chi connectivity index (χ1) is 18.4. The van der Waals surface area contributed by atoms with Crippen molar-refractivity contribution < 1.29 is 4.43 Å². The summed E-state index contributed by atoms with van der Waals surface area (Å²) in [5.41, 5.74) is 0. The maximum atomic E-state index is 7.23. The maximum Gasteiger partial charge on any atom is 0.261 e. The Morgan fingerprint density at radius 2 is 1.05 bits per heavy atom. The molecule has 210 valence electrons. The molecule has 2 rings (SSSR count). The van der Waals surface area contributed by atoms with Gasteiger partial charge in [-0.1, -0.05) is 153 Å². The van der Waals surface area contributed by atoms with Gasteiger partial charge < -0.3 is 4.43 Å². The highest BCUT2D eigenvalue weighted by atomic mass is 28.4. The van der Waals surface area contributed by atoms with Gasteiger partial charge in [0.2, 0.25) is 0 Å². The van der Waals surface area contributed by atoms with Gasteiger partial charge in [0, 0.05) is 18.9 Å². The molecule has 38 heavy (non-hydrogen) atoms. The molecule has 0 saturated carbocycles. The topological polar surface area (TPSA) is 9.23 Å². The van der Waals surface area contributed by atoms with E-state index >= 15 is 0 Å². The van der Waals surface area contributed by atoms with Crippen molar-refractivity contribution in [1.29, 1.82) is 0 Å². The van der Waals surface area contributed by atoms with Gasteiger partial charge in [0.05, 0.1) is 0 Å². The van der Waals surface area contributed by atoms with E-state index < -0.39 is 8.32 Å². The fraction of sp³-hybridized carbons (Fsp3) is 0.611. The van der Waals surface area contributed by atoms with Crippen molar-refractivity contribution in [3.63, 3.8) is 0 Å². The normalized spacial score (nSPS) is 12.7. The van der Waals surface area contributed by atoms with E-state index in [4.69, 9.17) is 4.43 Å². The third kappa shape index (κ3) is 11.1. The molecule has 0 aromatic heterocycles.